The molecule has 0 radical (unpaired) electrons. The zero-order valence-electron chi connectivity index (χ0n) is 54.0. The largest absolute Gasteiger partial charge is 0.504 e. The maximum absolute atomic E-state index is 14.8. The Labute approximate surface area is 548 Å². The van der Waals surface area contributed by atoms with Crippen molar-refractivity contribution >= 4 is 47.0 Å². The van der Waals surface area contributed by atoms with Crippen molar-refractivity contribution in [1.82, 2.24) is 41.3 Å². The summed E-state index contributed by atoms with van der Waals surface area (Å²) in [5.74, 6) is -7.73. The first-order chi connectivity index (χ1) is 45.0. The zero-order valence-corrected chi connectivity index (χ0v) is 54.0. The molecule has 0 spiro atoms. The van der Waals surface area contributed by atoms with Gasteiger partial charge in [-0.3, -0.25) is 38.5 Å². The SMILES string of the molecule is COC1(C2CCCC2)CCC(N2CCN(c3ccc(-c4ccc(C(=O)N[C@H]5C[C@@H](O)CNC(=O)[C@@H]6[C@@H](O)[C@@H](C)CN6C(=O)[C@H]([C@H](O)CCN)NC(=O)[C@H]([C@H](O)Cc6ccc(O)c(OCCCN)c6)NC(=O)[C@@H]6C[C@@H](O)CN6C(=O)[C@H]([C@@H](C)O)NC5=O)cc4)cc3)CC2)CC1. The van der Waals surface area contributed by atoms with Gasteiger partial charge in [0.05, 0.1) is 48.8 Å². The maximum Gasteiger partial charge on any atom is 0.251 e. The molecule has 0 aromatic heterocycles. The normalized spacial score (nSPS) is 30.1. The molecule has 6 fully saturated rings. The Morgan fingerprint density at radius 2 is 1.36 bits per heavy atom. The van der Waals surface area contributed by atoms with Crippen LogP contribution in [0.3, 0.4) is 0 Å². The molecule has 0 unspecified atom stereocenters. The summed E-state index contributed by atoms with van der Waals surface area (Å²) in [6.45, 7) is 5.27. The fourth-order valence-electron chi connectivity index (χ4n) is 14.6. The summed E-state index contributed by atoms with van der Waals surface area (Å²) >= 11 is 0. The first-order valence-corrected chi connectivity index (χ1v) is 33.3. The van der Waals surface area contributed by atoms with Crippen molar-refractivity contribution in [2.75, 3.05) is 77.5 Å². The van der Waals surface area contributed by atoms with Crippen molar-refractivity contribution in [2.24, 2.45) is 23.3 Å². The van der Waals surface area contributed by atoms with E-state index in [4.69, 9.17) is 20.9 Å². The van der Waals surface area contributed by atoms with Gasteiger partial charge in [0.15, 0.2) is 11.5 Å². The highest BCUT2D eigenvalue weighted by Gasteiger charge is 2.50. The highest BCUT2D eigenvalue weighted by molar-refractivity contribution is 6.00. The second-order valence-electron chi connectivity index (χ2n) is 26.5. The summed E-state index contributed by atoms with van der Waals surface area (Å²) < 4.78 is 11.9. The number of aliphatic hydroxyl groups excluding tert-OH is 6. The lowest BCUT2D eigenvalue weighted by atomic mass is 9.73. The number of anilines is 1. The first kappa shape index (κ1) is 71.2. The van der Waals surface area contributed by atoms with Gasteiger partial charge in [-0.1, -0.05) is 50.1 Å². The summed E-state index contributed by atoms with van der Waals surface area (Å²) in [6, 6.07) is 8.59. The van der Waals surface area contributed by atoms with Crippen LogP contribution in [0.4, 0.5) is 5.69 Å². The van der Waals surface area contributed by atoms with E-state index in [1.807, 2.05) is 19.2 Å². The number of carbonyl (C=O) groups excluding carboxylic acids is 7. The van der Waals surface area contributed by atoms with Crippen LogP contribution in [0.1, 0.15) is 107 Å². The Hall–Kier alpha value is -7.05. The van der Waals surface area contributed by atoms with E-state index in [0.717, 1.165) is 78.5 Å². The van der Waals surface area contributed by atoms with Crippen molar-refractivity contribution in [3.8, 4) is 22.6 Å². The van der Waals surface area contributed by atoms with Gasteiger partial charge in [0, 0.05) is 95.4 Å². The number of benzene rings is 3. The van der Waals surface area contributed by atoms with Crippen LogP contribution >= 0.6 is 0 Å². The molecule has 3 aromatic carbocycles. The van der Waals surface area contributed by atoms with Crippen molar-refractivity contribution in [3.05, 3.63) is 77.9 Å². The van der Waals surface area contributed by atoms with Gasteiger partial charge in [-0.15, -0.1) is 0 Å². The number of aromatic hydroxyl groups is 1. The number of hydrogen-bond acceptors (Lipinski definition) is 20. The minimum Gasteiger partial charge on any atom is -0.504 e. The van der Waals surface area contributed by atoms with Crippen LogP contribution in [-0.2, 0) is 39.9 Å². The van der Waals surface area contributed by atoms with Gasteiger partial charge in [0.25, 0.3) is 5.91 Å². The quantitative estimate of drug-likeness (QED) is 0.0660. The number of piperazine rings is 1. The Bertz CT molecular complexity index is 3090. The van der Waals surface area contributed by atoms with E-state index in [9.17, 15) is 69.3 Å². The van der Waals surface area contributed by atoms with Crippen LogP contribution in [0.5, 0.6) is 11.5 Å². The highest BCUT2D eigenvalue weighted by Crippen LogP contribution is 2.46. The lowest BCUT2D eigenvalue weighted by Crippen LogP contribution is -2.64. The number of ether oxygens (including phenoxy) is 2. The Kier molecular flexibility index (Phi) is 24.4. The predicted molar refractivity (Wildman–Crippen MR) is 345 cm³/mol. The van der Waals surface area contributed by atoms with Gasteiger partial charge in [0.1, 0.15) is 36.3 Å². The third-order valence-electron chi connectivity index (χ3n) is 20.1. The topological polar surface area (TPSA) is 405 Å². The predicted octanol–water partition coefficient (Wildman–Crippen LogP) is -1.28. The number of nitrogens with one attached hydrogen (secondary N) is 5. The van der Waals surface area contributed by atoms with Crippen LogP contribution < -0.4 is 47.7 Å². The molecule has 516 valence electrons. The molecule has 16 N–H and O–H groups in total. The highest BCUT2D eigenvalue weighted by atomic mass is 16.5. The number of carbonyl (C=O) groups is 7. The lowest BCUT2D eigenvalue weighted by Gasteiger charge is -2.47. The summed E-state index contributed by atoms with van der Waals surface area (Å²) in [6.07, 6.45) is -1.53. The molecular formula is C67H97N11O16. The number of fused-ring (bicyclic) bond motifs is 2. The molecule has 2 saturated carbocycles. The van der Waals surface area contributed by atoms with E-state index >= 15 is 0 Å². The maximum atomic E-state index is 14.8. The Morgan fingerprint density at radius 3 is 2.00 bits per heavy atom. The van der Waals surface area contributed by atoms with E-state index in [-0.39, 0.29) is 60.9 Å². The van der Waals surface area contributed by atoms with Gasteiger partial charge >= 0.3 is 0 Å². The number of nitrogens with zero attached hydrogens (tertiary/aromatic N) is 4. The van der Waals surface area contributed by atoms with Gasteiger partial charge in [-0.25, -0.2) is 0 Å². The average Bonchev–Trinajstić information content (AvgIpc) is 1.58. The van der Waals surface area contributed by atoms with Crippen LogP contribution in [0.25, 0.3) is 11.1 Å². The number of phenols is 1. The van der Waals surface area contributed by atoms with Crippen LogP contribution in [0, 0.1) is 11.8 Å². The first-order valence-electron chi connectivity index (χ1n) is 33.3. The zero-order chi connectivity index (χ0) is 67.5. The number of rotatable bonds is 18. The van der Waals surface area contributed by atoms with Crippen molar-refractivity contribution in [1.29, 1.82) is 0 Å². The molecule has 13 atom stereocenters. The minimum absolute atomic E-state index is 0.0108. The van der Waals surface area contributed by atoms with Gasteiger partial charge in [-0.2, -0.15) is 0 Å². The average molecular weight is 1310 g/mol. The number of nitrogens with two attached hydrogens (primary N) is 2. The standard InChI is InChI=1S/C67H97N11O16/c1-38-36-78-58(59(38)85)64(90)70-35-47(80)33-49(71-60(86)43-12-10-41(11-13-43)42-14-16-45(17-15-42)75-26-28-76(29-27-75)46-19-22-67(93-3,23-20-46)44-7-4-5-8-44)61(87)72-55(39(2)79)65(91)77-37-48(81)34-50(77)62(88)73-56(63(89)74-57(66(78)92)52(83)21-25-69)53(84)31-40-9-18-51(82)54(32-40)94-30-6-24-68/h9-18,32,38-39,44,46-50,52-53,55-59,79-85H,4-8,19-31,33-37,68-69H2,1-3H3,(H,70,90)(H,71,86)(H,72,87)(H,73,88)(H,74,89)/t38-,39+,46?,47+,48+,49-,50-,52+,53+,55-,56-,57-,58-,59-,67?/m0/s1. The molecule has 4 heterocycles. The third-order valence-corrected chi connectivity index (χ3v) is 20.1. The number of phenolic OH excluding ortho intramolecular Hbond substituents is 1. The molecule has 27 heteroatoms. The fraction of sp³-hybridized carbons (Fsp3) is 0.627. The van der Waals surface area contributed by atoms with E-state index in [2.05, 4.69) is 48.5 Å². The van der Waals surface area contributed by atoms with Crippen LogP contribution in [0.2, 0.25) is 0 Å². The smallest absolute Gasteiger partial charge is 0.251 e. The number of β-amino-alcohol motifs (C(OH)–C–C–N with tert-alkyl or cyclic N) is 1. The molecule has 4 saturated heterocycles. The van der Waals surface area contributed by atoms with Crippen LogP contribution in [0.15, 0.2) is 66.7 Å². The molecule has 6 aliphatic rings. The number of methoxy groups -OCH3 is 1. The number of amides is 7. The molecule has 9 rings (SSSR count). The fourth-order valence-corrected chi connectivity index (χ4v) is 14.6. The molecule has 0 bridgehead atoms. The second kappa shape index (κ2) is 32.1. The summed E-state index contributed by atoms with van der Waals surface area (Å²) in [5.41, 5.74) is 14.6. The van der Waals surface area contributed by atoms with Crippen molar-refractivity contribution in [2.45, 2.75) is 182 Å². The van der Waals surface area contributed by atoms with Crippen molar-refractivity contribution < 1.29 is 78.8 Å². The molecule has 7 amide bonds. The second-order valence-corrected chi connectivity index (χ2v) is 26.5. The van der Waals surface area contributed by atoms with Gasteiger partial charge < -0.3 is 98.0 Å². The Balaban J connectivity index is 0.930. The monoisotopic (exact) mass is 1310 g/mol. The van der Waals surface area contributed by atoms with E-state index in [1.165, 1.54) is 50.8 Å². The molecule has 2 aliphatic carbocycles. The molecule has 4 aliphatic heterocycles. The summed E-state index contributed by atoms with van der Waals surface area (Å²) in [4.78, 5) is 109. The molecular weight excluding hydrogens is 1210 g/mol. The number of aliphatic hydroxyl groups is 6. The van der Waals surface area contributed by atoms with Gasteiger partial charge in [0.2, 0.25) is 35.4 Å². The molecule has 27 nitrogen and oxygen atoms in total. The van der Waals surface area contributed by atoms with Crippen LogP contribution in [-0.4, -0.2) is 249 Å². The summed E-state index contributed by atoms with van der Waals surface area (Å²) in [7, 11) is 1.90. The van der Waals surface area contributed by atoms with E-state index in [1.54, 1.807) is 31.2 Å². The molecule has 3 aromatic rings. The van der Waals surface area contributed by atoms with E-state index in [0.29, 0.717) is 18.4 Å². The third kappa shape index (κ3) is 16.8. The van der Waals surface area contributed by atoms with Gasteiger partial charge in [-0.05, 0) is 130 Å². The lowest BCUT2D eigenvalue weighted by molar-refractivity contribution is -0.147. The number of hydrogen-bond donors (Lipinski definition) is 14. The van der Waals surface area contributed by atoms with Crippen molar-refractivity contribution in [3.63, 3.8) is 0 Å². The van der Waals surface area contributed by atoms with E-state index < -0.39 is 152 Å². The summed E-state index contributed by atoms with van der Waals surface area (Å²) in [5, 5.41) is 91.9. The minimum atomic E-state index is -2.03. The molecule has 94 heavy (non-hydrogen) atoms. The Morgan fingerprint density at radius 1 is 0.723 bits per heavy atom.